The minimum atomic E-state index is 0.316. The monoisotopic (exact) mass is 264 g/mol. The van der Waals surface area contributed by atoms with Gasteiger partial charge in [0, 0.05) is 15.0 Å². The average Bonchev–Trinajstić information content (AvgIpc) is 2.88. The first kappa shape index (κ1) is 10.8. The Morgan fingerprint density at radius 1 is 1.35 bits per heavy atom. The van der Waals surface area contributed by atoms with Crippen LogP contribution in [-0.4, -0.2) is 5.16 Å². The molecule has 0 aromatic carbocycles. The summed E-state index contributed by atoms with van der Waals surface area (Å²) in [5.41, 5.74) is 6.86. The average molecular weight is 264 g/mol. The fourth-order valence-corrected chi connectivity index (χ4v) is 4.02. The van der Waals surface area contributed by atoms with Gasteiger partial charge >= 0.3 is 0 Å². The molecule has 3 aromatic heterocycles. The molecule has 17 heavy (non-hydrogen) atoms. The number of rotatable bonds is 2. The first-order chi connectivity index (χ1) is 8.16. The molecule has 3 nitrogen and oxygen atoms in total. The van der Waals surface area contributed by atoms with E-state index in [1.807, 2.05) is 0 Å². The molecule has 0 fully saturated rings. The number of aromatic nitrogens is 1. The van der Waals surface area contributed by atoms with Gasteiger partial charge in [-0.2, -0.15) is 0 Å². The van der Waals surface area contributed by atoms with E-state index in [9.17, 15) is 0 Å². The molecule has 0 saturated carbocycles. The molecule has 0 spiro atoms. The van der Waals surface area contributed by atoms with Gasteiger partial charge < -0.3 is 10.3 Å². The van der Waals surface area contributed by atoms with Crippen LogP contribution in [0.4, 0.5) is 5.82 Å². The third-order valence-corrected chi connectivity index (χ3v) is 4.79. The maximum atomic E-state index is 5.85. The third-order valence-electron chi connectivity index (χ3n) is 2.70. The van der Waals surface area contributed by atoms with Gasteiger partial charge in [0.05, 0.1) is 4.88 Å². The summed E-state index contributed by atoms with van der Waals surface area (Å²) in [6, 6.07) is 4.28. The Balaban J connectivity index is 2.18. The second-order valence-corrected chi connectivity index (χ2v) is 6.26. The fraction of sp³-hybridized carbons (Fsp3) is 0.250. The van der Waals surface area contributed by atoms with Gasteiger partial charge in [-0.05, 0) is 23.4 Å². The van der Waals surface area contributed by atoms with Crippen molar-refractivity contribution in [2.45, 2.75) is 19.8 Å². The topological polar surface area (TPSA) is 52.0 Å². The van der Waals surface area contributed by atoms with E-state index in [4.69, 9.17) is 10.3 Å². The first-order valence-corrected chi connectivity index (χ1v) is 7.09. The zero-order valence-corrected chi connectivity index (χ0v) is 11.2. The number of nitrogens with zero attached hydrogens (tertiary/aromatic N) is 1. The number of nitrogens with two attached hydrogens (primary N) is 1. The zero-order valence-electron chi connectivity index (χ0n) is 9.56. The quantitative estimate of drug-likeness (QED) is 0.749. The van der Waals surface area contributed by atoms with E-state index in [-0.39, 0.29) is 0 Å². The Hall–Kier alpha value is -1.33. The van der Waals surface area contributed by atoms with E-state index in [0.29, 0.717) is 11.7 Å². The number of nitrogen functional groups attached to an aromatic ring is 1. The van der Waals surface area contributed by atoms with Gasteiger partial charge in [-0.1, -0.05) is 19.0 Å². The normalized spacial score (nSPS) is 11.7. The summed E-state index contributed by atoms with van der Waals surface area (Å²) in [5.74, 6) is 1.65. The van der Waals surface area contributed by atoms with Crippen LogP contribution in [0.25, 0.3) is 20.0 Å². The number of fused-ring (bicyclic) bond motifs is 1. The third kappa shape index (κ3) is 1.66. The Labute approximate surface area is 107 Å². The van der Waals surface area contributed by atoms with Crippen LogP contribution in [0.15, 0.2) is 22.0 Å². The molecule has 88 valence electrons. The minimum Gasteiger partial charge on any atom is -0.381 e. The number of thiophene rings is 2. The maximum Gasteiger partial charge on any atom is 0.182 e. The lowest BCUT2D eigenvalue weighted by Gasteiger charge is -2.03. The van der Waals surface area contributed by atoms with Crippen molar-refractivity contribution in [1.29, 1.82) is 0 Å². The van der Waals surface area contributed by atoms with E-state index in [1.54, 1.807) is 22.7 Å². The second-order valence-electron chi connectivity index (χ2n) is 4.23. The highest BCUT2D eigenvalue weighted by atomic mass is 32.1. The SMILES string of the molecule is CC(C)c1c(N)noc1-c1cc2sccc2s1. The van der Waals surface area contributed by atoms with Crippen LogP contribution in [0.5, 0.6) is 0 Å². The highest BCUT2D eigenvalue weighted by Crippen LogP contribution is 2.40. The van der Waals surface area contributed by atoms with Gasteiger partial charge in [0.25, 0.3) is 0 Å². The zero-order chi connectivity index (χ0) is 12.0. The van der Waals surface area contributed by atoms with Crippen molar-refractivity contribution in [2.75, 3.05) is 5.73 Å². The van der Waals surface area contributed by atoms with Crippen LogP contribution in [-0.2, 0) is 0 Å². The van der Waals surface area contributed by atoms with Crippen molar-refractivity contribution < 1.29 is 4.52 Å². The Bertz CT molecular complexity index is 634. The number of hydrogen-bond acceptors (Lipinski definition) is 5. The predicted octanol–water partition coefficient (Wildman–Crippen LogP) is 4.32. The van der Waals surface area contributed by atoms with Crippen molar-refractivity contribution in [3.63, 3.8) is 0 Å². The van der Waals surface area contributed by atoms with E-state index in [0.717, 1.165) is 16.2 Å². The molecular weight excluding hydrogens is 252 g/mol. The molecule has 0 saturated heterocycles. The molecule has 3 rings (SSSR count). The van der Waals surface area contributed by atoms with Gasteiger partial charge in [0.1, 0.15) is 0 Å². The van der Waals surface area contributed by atoms with E-state index >= 15 is 0 Å². The summed E-state index contributed by atoms with van der Waals surface area (Å²) in [4.78, 5) is 1.11. The van der Waals surface area contributed by atoms with Gasteiger partial charge in [-0.15, -0.1) is 22.7 Å². The van der Waals surface area contributed by atoms with Gasteiger partial charge in [-0.3, -0.25) is 0 Å². The molecule has 0 aliphatic carbocycles. The summed E-state index contributed by atoms with van der Waals surface area (Å²) in [5, 5.41) is 5.98. The second kappa shape index (κ2) is 3.85. The Kier molecular flexibility index (Phi) is 2.45. The van der Waals surface area contributed by atoms with E-state index < -0.39 is 0 Å². The standard InChI is InChI=1S/C12H12N2OS2/c1-6(2)10-11(15-14-12(10)13)9-5-8-7(17-9)3-4-16-8/h3-6H,1-2H3,(H2,13,14). The molecule has 3 aromatic rings. The Morgan fingerprint density at radius 3 is 2.88 bits per heavy atom. The minimum absolute atomic E-state index is 0.316. The summed E-state index contributed by atoms with van der Waals surface area (Å²) in [6.45, 7) is 4.20. The Morgan fingerprint density at radius 2 is 2.18 bits per heavy atom. The molecule has 3 heterocycles. The molecule has 0 unspecified atom stereocenters. The maximum absolute atomic E-state index is 5.85. The van der Waals surface area contributed by atoms with Crippen LogP contribution in [0.3, 0.4) is 0 Å². The van der Waals surface area contributed by atoms with Crippen molar-refractivity contribution in [2.24, 2.45) is 0 Å². The van der Waals surface area contributed by atoms with Gasteiger partial charge in [-0.25, -0.2) is 0 Å². The lowest BCUT2D eigenvalue weighted by Crippen LogP contribution is -1.94. The predicted molar refractivity (Wildman–Crippen MR) is 73.7 cm³/mol. The molecule has 0 bridgehead atoms. The largest absolute Gasteiger partial charge is 0.381 e. The lowest BCUT2D eigenvalue weighted by atomic mass is 10.0. The van der Waals surface area contributed by atoms with Gasteiger partial charge in [0.15, 0.2) is 11.6 Å². The summed E-state index contributed by atoms with van der Waals surface area (Å²) in [6.07, 6.45) is 0. The molecule has 0 aliphatic heterocycles. The van der Waals surface area contributed by atoms with Crippen molar-refractivity contribution in [3.8, 4) is 10.6 Å². The van der Waals surface area contributed by atoms with E-state index in [1.165, 1.54) is 9.40 Å². The summed E-state index contributed by atoms with van der Waals surface area (Å²) in [7, 11) is 0. The van der Waals surface area contributed by atoms with Crippen LogP contribution in [0, 0.1) is 0 Å². The van der Waals surface area contributed by atoms with Crippen molar-refractivity contribution in [1.82, 2.24) is 5.16 Å². The highest BCUT2D eigenvalue weighted by molar-refractivity contribution is 7.28. The molecule has 5 heteroatoms. The molecule has 2 N–H and O–H groups in total. The van der Waals surface area contributed by atoms with Crippen LogP contribution >= 0.6 is 22.7 Å². The molecule has 0 radical (unpaired) electrons. The molecule has 0 amide bonds. The smallest absolute Gasteiger partial charge is 0.182 e. The van der Waals surface area contributed by atoms with Crippen molar-refractivity contribution in [3.05, 3.63) is 23.1 Å². The van der Waals surface area contributed by atoms with Crippen LogP contribution in [0.1, 0.15) is 25.3 Å². The summed E-state index contributed by atoms with van der Waals surface area (Å²) < 4.78 is 7.96. The molecule has 0 atom stereocenters. The summed E-state index contributed by atoms with van der Waals surface area (Å²) >= 11 is 3.46. The van der Waals surface area contributed by atoms with E-state index in [2.05, 4.69) is 36.5 Å². The number of anilines is 1. The fourth-order valence-electron chi connectivity index (χ4n) is 1.92. The molecule has 0 aliphatic rings. The lowest BCUT2D eigenvalue weighted by molar-refractivity contribution is 0.435. The number of hydrogen-bond donors (Lipinski definition) is 1. The first-order valence-electron chi connectivity index (χ1n) is 5.39. The van der Waals surface area contributed by atoms with Crippen LogP contribution < -0.4 is 5.73 Å². The van der Waals surface area contributed by atoms with Crippen molar-refractivity contribution >= 4 is 37.9 Å². The molecular formula is C12H12N2OS2. The van der Waals surface area contributed by atoms with Gasteiger partial charge in [0.2, 0.25) is 0 Å². The van der Waals surface area contributed by atoms with Crippen LogP contribution in [0.2, 0.25) is 0 Å². The highest BCUT2D eigenvalue weighted by Gasteiger charge is 2.20.